The van der Waals surface area contributed by atoms with E-state index < -0.39 is 11.7 Å². The third-order valence-electron chi connectivity index (χ3n) is 5.89. The molecule has 1 aliphatic rings. The van der Waals surface area contributed by atoms with Crippen LogP contribution in [0.1, 0.15) is 24.8 Å². The van der Waals surface area contributed by atoms with Crippen molar-refractivity contribution in [3.8, 4) is 28.3 Å². The Bertz CT molecular complexity index is 1350. The van der Waals surface area contributed by atoms with Crippen molar-refractivity contribution >= 4 is 11.6 Å². The van der Waals surface area contributed by atoms with E-state index in [1.807, 2.05) is 29.2 Å². The van der Waals surface area contributed by atoms with E-state index in [1.165, 1.54) is 16.9 Å². The fourth-order valence-corrected chi connectivity index (χ4v) is 4.07. The average molecular weight is 481 g/mol. The van der Waals surface area contributed by atoms with Gasteiger partial charge < -0.3 is 9.64 Å². The van der Waals surface area contributed by atoms with Gasteiger partial charge in [-0.3, -0.25) is 9.78 Å². The number of hydrogen-bond donors (Lipinski definition) is 0. The maximum absolute atomic E-state index is 13.1. The van der Waals surface area contributed by atoms with E-state index in [1.54, 1.807) is 12.1 Å². The number of carbonyl (C=O) groups excluding carboxylic acids is 1. The molecule has 0 saturated carbocycles. The van der Waals surface area contributed by atoms with Crippen LogP contribution < -0.4 is 4.74 Å². The molecule has 1 aromatic carbocycles. The Balaban J connectivity index is 1.30. The van der Waals surface area contributed by atoms with E-state index in [0.717, 1.165) is 37.2 Å². The van der Waals surface area contributed by atoms with Crippen molar-refractivity contribution in [2.45, 2.75) is 25.4 Å². The van der Waals surface area contributed by atoms with Crippen LogP contribution in [-0.2, 0) is 11.0 Å². The minimum absolute atomic E-state index is 0.212. The predicted molar refractivity (Wildman–Crippen MR) is 123 cm³/mol. The van der Waals surface area contributed by atoms with E-state index >= 15 is 0 Å². The minimum Gasteiger partial charge on any atom is -0.494 e. The molecule has 4 heterocycles. The number of ether oxygens (including phenoxy) is 1. The summed E-state index contributed by atoms with van der Waals surface area (Å²) in [5.74, 6) is 0.921. The van der Waals surface area contributed by atoms with Crippen LogP contribution in [0.25, 0.3) is 28.2 Å². The first-order valence-electron chi connectivity index (χ1n) is 11.3. The lowest BCUT2D eigenvalue weighted by Crippen LogP contribution is -2.26. The fraction of sp³-hybridized carbons (Fsp3) is 0.280. The molecule has 1 fully saturated rings. The van der Waals surface area contributed by atoms with Crippen molar-refractivity contribution in [3.63, 3.8) is 0 Å². The van der Waals surface area contributed by atoms with E-state index in [0.29, 0.717) is 42.4 Å². The summed E-state index contributed by atoms with van der Waals surface area (Å²) in [5, 5.41) is 4.60. The molecule has 1 aliphatic heterocycles. The number of hydrogen-bond acceptors (Lipinski definition) is 5. The third kappa shape index (κ3) is 4.96. The van der Waals surface area contributed by atoms with Crippen LogP contribution in [0, 0.1) is 0 Å². The second-order valence-electron chi connectivity index (χ2n) is 8.30. The van der Waals surface area contributed by atoms with E-state index in [9.17, 15) is 18.0 Å². The maximum atomic E-state index is 13.1. The summed E-state index contributed by atoms with van der Waals surface area (Å²) in [4.78, 5) is 21.5. The number of halogens is 3. The zero-order chi connectivity index (χ0) is 24.4. The lowest BCUT2D eigenvalue weighted by molar-refractivity contribution is -0.137. The van der Waals surface area contributed by atoms with Gasteiger partial charge in [-0.15, -0.1) is 0 Å². The molecule has 0 unspecified atom stereocenters. The molecule has 0 atom stereocenters. The summed E-state index contributed by atoms with van der Waals surface area (Å²) in [7, 11) is 0. The summed E-state index contributed by atoms with van der Waals surface area (Å²) in [6.45, 7) is 2.04. The van der Waals surface area contributed by atoms with Crippen molar-refractivity contribution in [2.24, 2.45) is 0 Å². The number of rotatable bonds is 7. The van der Waals surface area contributed by atoms with Crippen LogP contribution in [0.2, 0.25) is 0 Å². The van der Waals surface area contributed by atoms with E-state index in [2.05, 4.69) is 15.1 Å². The first kappa shape index (κ1) is 22.8. The average Bonchev–Trinajstić information content (AvgIpc) is 3.47. The molecule has 1 amide bonds. The van der Waals surface area contributed by atoms with Gasteiger partial charge in [0.15, 0.2) is 5.65 Å². The third-order valence-corrected chi connectivity index (χ3v) is 5.89. The molecule has 0 bridgehead atoms. The van der Waals surface area contributed by atoms with Gasteiger partial charge >= 0.3 is 6.18 Å². The second kappa shape index (κ2) is 9.36. The zero-order valence-corrected chi connectivity index (χ0v) is 18.7. The van der Waals surface area contributed by atoms with Crippen LogP contribution in [0.5, 0.6) is 5.75 Å². The van der Waals surface area contributed by atoms with Crippen molar-refractivity contribution in [2.75, 3.05) is 19.7 Å². The number of alkyl halides is 3. The standard InChI is InChI=1S/C25H22F3N5O2/c26-25(27,28)19-13-18(14-29-15-19)22-16-30-23-9-8-21(31-33(22)23)17-4-6-20(7-5-17)35-12-2-11-32-10-1-3-24(32)34/h4-9,13-16H,1-3,10-12H2. The largest absolute Gasteiger partial charge is 0.494 e. The van der Waals surface area contributed by atoms with Gasteiger partial charge in [-0.1, -0.05) is 0 Å². The van der Waals surface area contributed by atoms with Gasteiger partial charge in [-0.2, -0.15) is 18.3 Å². The summed E-state index contributed by atoms with van der Waals surface area (Å²) < 4.78 is 46.7. The highest BCUT2D eigenvalue weighted by Gasteiger charge is 2.31. The minimum atomic E-state index is -4.49. The molecule has 5 rings (SSSR count). The first-order valence-corrected chi connectivity index (χ1v) is 11.3. The van der Waals surface area contributed by atoms with Gasteiger partial charge in [0.25, 0.3) is 0 Å². The monoisotopic (exact) mass is 481 g/mol. The quantitative estimate of drug-likeness (QED) is 0.352. The molecule has 3 aromatic heterocycles. The van der Waals surface area contributed by atoms with Crippen molar-refractivity contribution in [3.05, 3.63) is 66.6 Å². The van der Waals surface area contributed by atoms with Crippen LogP contribution in [-0.4, -0.2) is 50.1 Å². The fourth-order valence-electron chi connectivity index (χ4n) is 4.07. The van der Waals surface area contributed by atoms with Crippen LogP contribution in [0.3, 0.4) is 0 Å². The van der Waals surface area contributed by atoms with E-state index in [-0.39, 0.29) is 11.5 Å². The highest BCUT2D eigenvalue weighted by atomic mass is 19.4. The maximum Gasteiger partial charge on any atom is 0.417 e. The number of aromatic nitrogens is 4. The normalized spacial score (nSPS) is 14.1. The topological polar surface area (TPSA) is 72.6 Å². The lowest BCUT2D eigenvalue weighted by Gasteiger charge is -2.15. The van der Waals surface area contributed by atoms with Gasteiger partial charge in [-0.05, 0) is 55.3 Å². The van der Waals surface area contributed by atoms with Crippen LogP contribution in [0.4, 0.5) is 13.2 Å². The second-order valence-corrected chi connectivity index (χ2v) is 8.30. The molecule has 0 radical (unpaired) electrons. The molecule has 1 saturated heterocycles. The number of imidazole rings is 1. The Kier molecular flexibility index (Phi) is 6.10. The number of amides is 1. The smallest absolute Gasteiger partial charge is 0.417 e. The summed E-state index contributed by atoms with van der Waals surface area (Å²) >= 11 is 0. The summed E-state index contributed by atoms with van der Waals surface area (Å²) in [5.41, 5.74) is 1.83. The molecule has 0 N–H and O–H groups in total. The number of benzene rings is 1. The molecule has 0 aliphatic carbocycles. The number of pyridine rings is 1. The molecule has 7 nitrogen and oxygen atoms in total. The van der Waals surface area contributed by atoms with Gasteiger partial charge in [0.2, 0.25) is 5.91 Å². The zero-order valence-electron chi connectivity index (χ0n) is 18.7. The summed E-state index contributed by atoms with van der Waals surface area (Å²) in [6, 6.07) is 12.0. The Morgan fingerprint density at radius 2 is 1.83 bits per heavy atom. The van der Waals surface area contributed by atoms with Gasteiger partial charge in [-0.25, -0.2) is 9.50 Å². The molecule has 180 valence electrons. The summed E-state index contributed by atoms with van der Waals surface area (Å²) in [6.07, 6.45) is 1.48. The Morgan fingerprint density at radius 3 is 2.57 bits per heavy atom. The van der Waals surface area contributed by atoms with Crippen molar-refractivity contribution in [1.82, 2.24) is 24.5 Å². The van der Waals surface area contributed by atoms with Crippen LogP contribution in [0.15, 0.2) is 61.1 Å². The van der Waals surface area contributed by atoms with Gasteiger partial charge in [0.05, 0.1) is 29.8 Å². The molecule has 0 spiro atoms. The van der Waals surface area contributed by atoms with Crippen molar-refractivity contribution in [1.29, 1.82) is 0 Å². The highest BCUT2D eigenvalue weighted by molar-refractivity contribution is 5.78. The Hall–Kier alpha value is -3.95. The molecule has 10 heteroatoms. The van der Waals surface area contributed by atoms with Crippen molar-refractivity contribution < 1.29 is 22.7 Å². The van der Waals surface area contributed by atoms with Gasteiger partial charge in [0, 0.05) is 43.0 Å². The number of nitrogens with zero attached hydrogens (tertiary/aromatic N) is 5. The highest BCUT2D eigenvalue weighted by Crippen LogP contribution is 2.32. The molecule has 35 heavy (non-hydrogen) atoms. The number of carbonyl (C=O) groups is 1. The Labute approximate surface area is 199 Å². The van der Waals surface area contributed by atoms with Gasteiger partial charge in [0.1, 0.15) is 5.75 Å². The number of fused-ring (bicyclic) bond motifs is 1. The molecular formula is C25H22F3N5O2. The molecular weight excluding hydrogens is 459 g/mol. The lowest BCUT2D eigenvalue weighted by atomic mass is 10.1. The van der Waals surface area contributed by atoms with Crippen LogP contribution >= 0.6 is 0 Å². The molecule has 4 aromatic rings. The predicted octanol–water partition coefficient (Wildman–Crippen LogP) is 4.87. The number of likely N-dealkylation sites (tertiary alicyclic amines) is 1. The SMILES string of the molecule is O=C1CCCN1CCCOc1ccc(-c2ccc3ncc(-c4cncc(C(F)(F)F)c4)n3n2)cc1. The first-order chi connectivity index (χ1) is 16.9. The Morgan fingerprint density at radius 1 is 1.00 bits per heavy atom. The van der Waals surface area contributed by atoms with E-state index in [4.69, 9.17) is 4.74 Å².